The van der Waals surface area contributed by atoms with Crippen molar-refractivity contribution >= 4 is 22.7 Å². The van der Waals surface area contributed by atoms with Crippen molar-refractivity contribution in [3.63, 3.8) is 0 Å². The topological polar surface area (TPSA) is 81.0 Å². The van der Waals surface area contributed by atoms with Gasteiger partial charge in [0.15, 0.2) is 5.78 Å². The molecule has 3 heterocycles. The number of likely N-dealkylation sites (tertiary alicyclic amines) is 1. The molecule has 7 heteroatoms. The van der Waals surface area contributed by atoms with Crippen LogP contribution in [0.3, 0.4) is 0 Å². The lowest BCUT2D eigenvalue weighted by molar-refractivity contribution is 0.0609. The minimum atomic E-state index is -0.901. The van der Waals surface area contributed by atoms with Crippen molar-refractivity contribution in [2.75, 3.05) is 26.7 Å². The molecule has 0 amide bonds. The van der Waals surface area contributed by atoms with Gasteiger partial charge in [-0.1, -0.05) is 6.07 Å². The number of aromatic nitrogens is 1. The summed E-state index contributed by atoms with van der Waals surface area (Å²) in [6, 6.07) is 11.4. The number of carboxylic acid groups (broad SMARTS) is 1. The Balaban J connectivity index is 1.28. The van der Waals surface area contributed by atoms with Crippen LogP contribution >= 0.6 is 0 Å². The van der Waals surface area contributed by atoms with Crippen LogP contribution in [-0.4, -0.2) is 58.7 Å². The lowest BCUT2D eigenvalue weighted by Crippen LogP contribution is -2.37. The third-order valence-corrected chi connectivity index (χ3v) is 7.30. The number of Topliss-reactive ketones (excluding diaryl/α,β-unsaturated/α-hetero) is 1. The molecule has 35 heavy (non-hydrogen) atoms. The number of ether oxygens (including phenoxy) is 2. The second-order valence-corrected chi connectivity index (χ2v) is 10.2. The number of nitrogens with zero attached hydrogens (tertiary/aromatic N) is 2. The van der Waals surface area contributed by atoms with Gasteiger partial charge in [0.05, 0.1) is 24.7 Å². The second kappa shape index (κ2) is 9.04. The normalized spacial score (nSPS) is 18.3. The number of carbonyl (C=O) groups excluding carboxylic acids is 1. The van der Waals surface area contributed by atoms with Crippen LogP contribution in [0.1, 0.15) is 65.4 Å². The van der Waals surface area contributed by atoms with Crippen LogP contribution < -0.4 is 9.47 Å². The zero-order chi connectivity index (χ0) is 24.7. The Hall–Kier alpha value is -3.32. The number of hydrogen-bond acceptors (Lipinski definition) is 5. The molecule has 0 atom stereocenters. The van der Waals surface area contributed by atoms with Crippen LogP contribution in [0.4, 0.5) is 0 Å². The Morgan fingerprint density at radius 2 is 1.94 bits per heavy atom. The van der Waals surface area contributed by atoms with Crippen molar-refractivity contribution in [2.45, 2.75) is 51.2 Å². The molecule has 0 bridgehead atoms. The number of hydrogen-bond donors (Lipinski definition) is 1. The second-order valence-electron chi connectivity index (χ2n) is 10.2. The van der Waals surface area contributed by atoms with Crippen LogP contribution in [-0.2, 0) is 6.42 Å². The molecule has 184 valence electrons. The monoisotopic (exact) mass is 476 g/mol. The maximum absolute atomic E-state index is 12.7. The van der Waals surface area contributed by atoms with Crippen LogP contribution in [0, 0.1) is 0 Å². The molecule has 5 rings (SSSR count). The molecule has 3 aromatic rings. The average molecular weight is 477 g/mol. The third kappa shape index (κ3) is 4.52. The van der Waals surface area contributed by atoms with Gasteiger partial charge in [-0.15, -0.1) is 0 Å². The fraction of sp³-hybridized carbons (Fsp3) is 0.429. The highest BCUT2D eigenvalue weighted by molar-refractivity contribution is 6.01. The van der Waals surface area contributed by atoms with E-state index < -0.39 is 11.6 Å². The Morgan fingerprint density at radius 3 is 2.66 bits per heavy atom. The minimum Gasteiger partial charge on any atom is -0.496 e. The van der Waals surface area contributed by atoms with E-state index in [0.717, 1.165) is 61.1 Å². The van der Waals surface area contributed by atoms with Crippen LogP contribution in [0.15, 0.2) is 42.6 Å². The number of aromatic carboxylic acids is 1. The summed E-state index contributed by atoms with van der Waals surface area (Å²) in [7, 11) is 1.66. The Labute approximate surface area is 205 Å². The highest BCUT2D eigenvalue weighted by atomic mass is 16.5. The summed E-state index contributed by atoms with van der Waals surface area (Å²) < 4.78 is 14.1. The summed E-state index contributed by atoms with van der Waals surface area (Å²) in [6.45, 7) is 6.66. The van der Waals surface area contributed by atoms with Gasteiger partial charge in [-0.25, -0.2) is 4.79 Å². The Kier molecular flexibility index (Phi) is 6.05. The van der Waals surface area contributed by atoms with E-state index in [1.54, 1.807) is 19.2 Å². The van der Waals surface area contributed by atoms with Crippen molar-refractivity contribution in [1.29, 1.82) is 0 Å². The van der Waals surface area contributed by atoms with E-state index in [1.807, 2.05) is 32.0 Å². The summed E-state index contributed by atoms with van der Waals surface area (Å²) in [5.74, 6) is 0.652. The molecule has 0 spiro atoms. The van der Waals surface area contributed by atoms with Gasteiger partial charge < -0.3 is 24.0 Å². The number of fused-ring (bicyclic) bond motifs is 2. The number of carbonyl (C=O) groups is 2. The standard InChI is InChI=1S/C28H32N2O5/c1-28(2)17-24(31)21-6-7-25(34-3)22(26(21)35-28)11-14-29-12-9-20(10-13-29)30-15-8-18-4-5-19(27(32)33)16-23(18)30/h4-8,15-16,20H,9-14,17H2,1-3H3,(H,32,33). The molecule has 1 saturated heterocycles. The van der Waals surface area contributed by atoms with Crippen LogP contribution in [0.5, 0.6) is 11.5 Å². The number of ketones is 1. The molecule has 0 aliphatic carbocycles. The molecule has 2 aromatic carbocycles. The molecule has 1 N–H and O–H groups in total. The molecule has 1 aromatic heterocycles. The molecular weight excluding hydrogens is 444 g/mol. The van der Waals surface area contributed by atoms with E-state index in [4.69, 9.17) is 9.47 Å². The van der Waals surface area contributed by atoms with E-state index in [1.165, 1.54) is 0 Å². The first-order valence-electron chi connectivity index (χ1n) is 12.2. The number of piperidine rings is 1. The molecule has 2 aliphatic heterocycles. The van der Waals surface area contributed by atoms with Crippen LogP contribution in [0.25, 0.3) is 10.9 Å². The predicted molar refractivity (Wildman–Crippen MR) is 134 cm³/mol. The summed E-state index contributed by atoms with van der Waals surface area (Å²) in [6.07, 6.45) is 5.18. The Morgan fingerprint density at radius 1 is 1.17 bits per heavy atom. The molecule has 0 unspecified atom stereocenters. The van der Waals surface area contributed by atoms with E-state index in [0.29, 0.717) is 29.3 Å². The van der Waals surface area contributed by atoms with Gasteiger partial charge in [0.2, 0.25) is 0 Å². The molecule has 2 aliphatic rings. The fourth-order valence-corrected chi connectivity index (χ4v) is 5.46. The zero-order valence-corrected chi connectivity index (χ0v) is 20.5. The summed E-state index contributed by atoms with van der Waals surface area (Å²) in [4.78, 5) is 26.6. The van der Waals surface area contributed by atoms with Gasteiger partial charge in [-0.05, 0) is 68.8 Å². The average Bonchev–Trinajstić information content (AvgIpc) is 3.25. The summed E-state index contributed by atoms with van der Waals surface area (Å²) >= 11 is 0. The highest BCUT2D eigenvalue weighted by Gasteiger charge is 2.35. The largest absolute Gasteiger partial charge is 0.496 e. The SMILES string of the molecule is COc1ccc2c(c1CCN1CCC(n3ccc4ccc(C(=O)O)cc43)CC1)OC(C)(C)CC2=O. The fourth-order valence-electron chi connectivity index (χ4n) is 5.46. The van der Waals surface area contributed by atoms with Gasteiger partial charge in [-0.3, -0.25) is 4.79 Å². The third-order valence-electron chi connectivity index (χ3n) is 7.30. The smallest absolute Gasteiger partial charge is 0.335 e. The van der Waals surface area contributed by atoms with Crippen molar-refractivity contribution in [2.24, 2.45) is 0 Å². The summed E-state index contributed by atoms with van der Waals surface area (Å²) in [5, 5.41) is 10.4. The first-order chi connectivity index (χ1) is 16.8. The van der Waals surface area contributed by atoms with Crippen molar-refractivity contribution in [3.05, 3.63) is 59.3 Å². The zero-order valence-electron chi connectivity index (χ0n) is 20.5. The van der Waals surface area contributed by atoms with E-state index in [-0.39, 0.29) is 5.78 Å². The van der Waals surface area contributed by atoms with E-state index in [9.17, 15) is 14.7 Å². The van der Waals surface area contributed by atoms with Crippen LogP contribution in [0.2, 0.25) is 0 Å². The maximum Gasteiger partial charge on any atom is 0.335 e. The minimum absolute atomic E-state index is 0.117. The van der Waals surface area contributed by atoms with Gasteiger partial charge >= 0.3 is 5.97 Å². The van der Waals surface area contributed by atoms with Crippen molar-refractivity contribution in [3.8, 4) is 11.5 Å². The number of rotatable bonds is 6. The molecular formula is C28H32N2O5. The number of methoxy groups -OCH3 is 1. The summed E-state index contributed by atoms with van der Waals surface area (Å²) in [5.41, 5.74) is 2.39. The first kappa shape index (κ1) is 23.4. The molecule has 7 nitrogen and oxygen atoms in total. The number of carboxylic acids is 1. The van der Waals surface area contributed by atoms with Crippen molar-refractivity contribution < 1.29 is 24.2 Å². The number of benzene rings is 2. The maximum atomic E-state index is 12.7. The van der Waals surface area contributed by atoms with Gasteiger partial charge in [0.25, 0.3) is 0 Å². The van der Waals surface area contributed by atoms with Crippen molar-refractivity contribution in [1.82, 2.24) is 9.47 Å². The highest BCUT2D eigenvalue weighted by Crippen LogP contribution is 2.40. The van der Waals surface area contributed by atoms with E-state index >= 15 is 0 Å². The molecule has 0 saturated carbocycles. The lowest BCUT2D eigenvalue weighted by Gasteiger charge is -2.35. The predicted octanol–water partition coefficient (Wildman–Crippen LogP) is 4.97. The molecule has 0 radical (unpaired) electrons. The molecule has 1 fully saturated rings. The van der Waals surface area contributed by atoms with Gasteiger partial charge in [0.1, 0.15) is 17.1 Å². The first-order valence-corrected chi connectivity index (χ1v) is 12.2. The van der Waals surface area contributed by atoms with Gasteiger partial charge in [0, 0.05) is 43.0 Å². The quantitative estimate of drug-likeness (QED) is 0.541. The van der Waals surface area contributed by atoms with Gasteiger partial charge in [-0.2, -0.15) is 0 Å². The lowest BCUT2D eigenvalue weighted by atomic mass is 9.90. The van der Waals surface area contributed by atoms with E-state index in [2.05, 4.69) is 21.7 Å². The Bertz CT molecular complexity index is 1280.